The highest BCUT2D eigenvalue weighted by molar-refractivity contribution is 6.32. The van der Waals surface area contributed by atoms with Crippen LogP contribution in [-0.2, 0) is 6.18 Å². The third kappa shape index (κ3) is 3.85. The second-order valence-electron chi connectivity index (χ2n) is 5.37. The standard InChI is InChI=1S/C16H10ClF5N4O/c17-9-3-1-2-4-10(9)26-14-8(5-6-11(24-14)16(20,21)22)13(25-15(26)27)23-7-12(18)19/h1-6,12H,7H2,(H,23,25,27). The van der Waals surface area contributed by atoms with Gasteiger partial charge in [-0.15, -0.1) is 0 Å². The van der Waals surface area contributed by atoms with Gasteiger partial charge in [0, 0.05) is 0 Å². The number of fused-ring (bicyclic) bond motifs is 1. The molecule has 27 heavy (non-hydrogen) atoms. The lowest BCUT2D eigenvalue weighted by molar-refractivity contribution is -0.141. The average molecular weight is 405 g/mol. The van der Waals surface area contributed by atoms with Gasteiger partial charge in [0.25, 0.3) is 6.43 Å². The van der Waals surface area contributed by atoms with Crippen molar-refractivity contribution in [2.45, 2.75) is 12.6 Å². The Balaban J connectivity index is 2.34. The lowest BCUT2D eigenvalue weighted by atomic mass is 10.2. The fourth-order valence-corrected chi connectivity index (χ4v) is 2.64. The van der Waals surface area contributed by atoms with Gasteiger partial charge in [-0.1, -0.05) is 23.7 Å². The minimum Gasteiger partial charge on any atom is -0.364 e. The van der Waals surface area contributed by atoms with Crippen LogP contribution in [0, 0.1) is 0 Å². The van der Waals surface area contributed by atoms with E-state index in [1.165, 1.54) is 18.2 Å². The van der Waals surface area contributed by atoms with E-state index >= 15 is 0 Å². The molecule has 142 valence electrons. The normalized spacial score (nSPS) is 12.0. The summed E-state index contributed by atoms with van der Waals surface area (Å²) >= 11 is 6.05. The third-order valence-corrected chi connectivity index (χ3v) is 3.87. The minimum absolute atomic E-state index is 0.0387. The number of anilines is 1. The summed E-state index contributed by atoms with van der Waals surface area (Å²) in [5.74, 6) is -0.292. The third-order valence-electron chi connectivity index (χ3n) is 3.55. The Labute approximate surface area is 153 Å². The summed E-state index contributed by atoms with van der Waals surface area (Å²) in [5.41, 5.74) is -2.61. The van der Waals surface area contributed by atoms with E-state index in [0.29, 0.717) is 6.07 Å². The maximum atomic E-state index is 13.1. The Kier molecular flexibility index (Phi) is 5.01. The van der Waals surface area contributed by atoms with Crippen LogP contribution in [0.25, 0.3) is 16.7 Å². The lowest BCUT2D eigenvalue weighted by Gasteiger charge is -2.15. The second-order valence-corrected chi connectivity index (χ2v) is 5.77. The highest BCUT2D eigenvalue weighted by atomic mass is 35.5. The van der Waals surface area contributed by atoms with Crippen molar-refractivity contribution >= 4 is 28.5 Å². The predicted octanol–water partition coefficient (Wildman–Crippen LogP) is 4.13. The van der Waals surface area contributed by atoms with Crippen LogP contribution < -0.4 is 11.0 Å². The van der Waals surface area contributed by atoms with Crippen LogP contribution >= 0.6 is 11.6 Å². The van der Waals surface area contributed by atoms with E-state index in [2.05, 4.69) is 15.3 Å². The van der Waals surface area contributed by atoms with Gasteiger partial charge in [-0.05, 0) is 24.3 Å². The number of hydrogen-bond donors (Lipinski definition) is 1. The van der Waals surface area contributed by atoms with Crippen molar-refractivity contribution < 1.29 is 22.0 Å². The first-order valence-electron chi connectivity index (χ1n) is 7.46. The number of hydrogen-bond acceptors (Lipinski definition) is 4. The number of halogens is 6. The first kappa shape index (κ1) is 19.0. The van der Waals surface area contributed by atoms with Gasteiger partial charge >= 0.3 is 11.9 Å². The number of benzene rings is 1. The number of alkyl halides is 5. The van der Waals surface area contributed by atoms with Crippen molar-refractivity contribution in [2.24, 2.45) is 0 Å². The van der Waals surface area contributed by atoms with Gasteiger partial charge in [0.2, 0.25) is 0 Å². The largest absolute Gasteiger partial charge is 0.433 e. The molecule has 0 aliphatic carbocycles. The van der Waals surface area contributed by atoms with Crippen LogP contribution in [0.15, 0.2) is 41.2 Å². The first-order valence-corrected chi connectivity index (χ1v) is 7.84. The molecule has 0 spiro atoms. The molecule has 0 saturated heterocycles. The molecule has 1 aromatic carbocycles. The van der Waals surface area contributed by atoms with Crippen LogP contribution in [0.4, 0.5) is 27.8 Å². The maximum Gasteiger partial charge on any atom is 0.433 e. The topological polar surface area (TPSA) is 59.8 Å². The van der Waals surface area contributed by atoms with E-state index in [1.54, 1.807) is 6.07 Å². The minimum atomic E-state index is -4.77. The van der Waals surface area contributed by atoms with Gasteiger partial charge in [0.1, 0.15) is 11.5 Å². The number of nitrogens with zero attached hydrogens (tertiary/aromatic N) is 3. The van der Waals surface area contributed by atoms with Gasteiger partial charge < -0.3 is 5.32 Å². The molecule has 0 aliphatic rings. The number of para-hydroxylation sites is 1. The molecule has 0 atom stereocenters. The summed E-state index contributed by atoms with van der Waals surface area (Å²) in [4.78, 5) is 19.6. The van der Waals surface area contributed by atoms with Gasteiger partial charge in [-0.3, -0.25) is 0 Å². The maximum absolute atomic E-state index is 13.1. The van der Waals surface area contributed by atoms with Crippen molar-refractivity contribution in [1.82, 2.24) is 14.5 Å². The molecule has 5 nitrogen and oxygen atoms in total. The molecule has 0 saturated carbocycles. The molecular weight excluding hydrogens is 395 g/mol. The Morgan fingerprint density at radius 2 is 1.81 bits per heavy atom. The summed E-state index contributed by atoms with van der Waals surface area (Å²) in [6.07, 6.45) is -7.52. The Hall–Kier alpha value is -2.75. The van der Waals surface area contributed by atoms with E-state index < -0.39 is 36.2 Å². The summed E-state index contributed by atoms with van der Waals surface area (Å²) in [6, 6.07) is 7.62. The molecular formula is C16H10ClF5N4O. The molecule has 0 bridgehead atoms. The van der Waals surface area contributed by atoms with Crippen LogP contribution in [0.2, 0.25) is 5.02 Å². The van der Waals surface area contributed by atoms with Crippen LogP contribution in [0.3, 0.4) is 0 Å². The fourth-order valence-electron chi connectivity index (χ4n) is 2.42. The molecule has 1 N–H and O–H groups in total. The zero-order valence-corrected chi connectivity index (χ0v) is 14.0. The second kappa shape index (κ2) is 7.10. The average Bonchev–Trinajstić information content (AvgIpc) is 2.59. The highest BCUT2D eigenvalue weighted by Gasteiger charge is 2.33. The van der Waals surface area contributed by atoms with Crippen LogP contribution in [-0.4, -0.2) is 27.5 Å². The molecule has 0 radical (unpaired) electrons. The smallest absolute Gasteiger partial charge is 0.364 e. The van der Waals surface area contributed by atoms with Crippen molar-refractivity contribution in [3.63, 3.8) is 0 Å². The van der Waals surface area contributed by atoms with Crippen LogP contribution in [0.5, 0.6) is 0 Å². The van der Waals surface area contributed by atoms with Gasteiger partial charge in [0.15, 0.2) is 5.65 Å². The number of nitrogens with one attached hydrogen (secondary N) is 1. The monoisotopic (exact) mass is 404 g/mol. The quantitative estimate of drug-likeness (QED) is 0.664. The molecule has 3 aromatic rings. The van der Waals surface area contributed by atoms with Crippen molar-refractivity contribution in [2.75, 3.05) is 11.9 Å². The molecule has 2 heterocycles. The molecule has 0 aliphatic heterocycles. The molecule has 0 unspecified atom stereocenters. The van der Waals surface area contributed by atoms with E-state index in [-0.39, 0.29) is 21.9 Å². The number of rotatable bonds is 4. The van der Waals surface area contributed by atoms with Crippen molar-refractivity contribution in [1.29, 1.82) is 0 Å². The van der Waals surface area contributed by atoms with Crippen LogP contribution in [0.1, 0.15) is 5.69 Å². The van der Waals surface area contributed by atoms with Gasteiger partial charge in [-0.2, -0.15) is 18.2 Å². The Morgan fingerprint density at radius 1 is 1.11 bits per heavy atom. The van der Waals surface area contributed by atoms with E-state index in [0.717, 1.165) is 10.6 Å². The molecule has 3 rings (SSSR count). The predicted molar refractivity (Wildman–Crippen MR) is 89.6 cm³/mol. The lowest BCUT2D eigenvalue weighted by Crippen LogP contribution is -2.26. The summed E-state index contributed by atoms with van der Waals surface area (Å²) in [7, 11) is 0. The Morgan fingerprint density at radius 3 is 2.44 bits per heavy atom. The molecule has 11 heteroatoms. The molecule has 2 aromatic heterocycles. The van der Waals surface area contributed by atoms with Gasteiger partial charge in [0.05, 0.1) is 22.6 Å². The van der Waals surface area contributed by atoms with Crippen molar-refractivity contribution in [3.8, 4) is 5.69 Å². The van der Waals surface area contributed by atoms with E-state index in [1.807, 2.05) is 0 Å². The summed E-state index contributed by atoms with van der Waals surface area (Å²) < 4.78 is 65.0. The molecule has 0 amide bonds. The van der Waals surface area contributed by atoms with E-state index in [9.17, 15) is 26.7 Å². The molecule has 0 fully saturated rings. The highest BCUT2D eigenvalue weighted by Crippen LogP contribution is 2.31. The zero-order valence-electron chi connectivity index (χ0n) is 13.3. The fraction of sp³-hybridized carbons (Fsp3) is 0.188. The van der Waals surface area contributed by atoms with E-state index in [4.69, 9.17) is 11.6 Å². The summed E-state index contributed by atoms with van der Waals surface area (Å²) in [6.45, 7) is -0.835. The number of pyridine rings is 1. The SMILES string of the molecule is O=c1nc(NCC(F)F)c2ccc(C(F)(F)F)nc2n1-c1ccccc1Cl. The first-order chi connectivity index (χ1) is 12.7. The summed E-state index contributed by atoms with van der Waals surface area (Å²) in [5, 5.41) is 2.29. The van der Waals surface area contributed by atoms with Crippen molar-refractivity contribution in [3.05, 3.63) is 57.6 Å². The number of aromatic nitrogens is 3. The zero-order chi connectivity index (χ0) is 19.8. The van der Waals surface area contributed by atoms with Gasteiger partial charge in [-0.25, -0.2) is 23.1 Å². The Bertz CT molecular complexity index is 1050.